The molecule has 162 valence electrons. The molecule has 2 aromatic carbocycles. The quantitative estimate of drug-likeness (QED) is 0.619. The average Bonchev–Trinajstić information content (AvgIpc) is 2.74. The highest BCUT2D eigenvalue weighted by atomic mass is 16.5. The molecule has 1 aliphatic rings. The van der Waals surface area contributed by atoms with E-state index in [1.807, 2.05) is 68.4 Å². The van der Waals surface area contributed by atoms with E-state index in [0.717, 1.165) is 16.7 Å². The molecule has 1 saturated carbocycles. The van der Waals surface area contributed by atoms with Crippen LogP contribution in [0.25, 0.3) is 0 Å². The lowest BCUT2D eigenvalue weighted by molar-refractivity contribution is -0.200. The maximum absolute atomic E-state index is 13.0. The molecule has 2 aromatic rings. The highest BCUT2D eigenvalue weighted by molar-refractivity contribution is 5.85. The van der Waals surface area contributed by atoms with Crippen LogP contribution < -0.4 is 5.32 Å². The number of rotatable bonds is 8. The Morgan fingerprint density at radius 3 is 2.50 bits per heavy atom. The van der Waals surface area contributed by atoms with Crippen LogP contribution >= 0.6 is 0 Å². The number of ether oxygens (including phenoxy) is 2. The van der Waals surface area contributed by atoms with Gasteiger partial charge in [0, 0.05) is 19.4 Å². The van der Waals surface area contributed by atoms with Crippen molar-refractivity contribution >= 4 is 5.91 Å². The van der Waals surface area contributed by atoms with Gasteiger partial charge in [-0.3, -0.25) is 4.79 Å². The summed E-state index contributed by atoms with van der Waals surface area (Å²) in [5.74, 6) is -0.295. The fourth-order valence-corrected chi connectivity index (χ4v) is 3.88. The maximum Gasteiger partial charge on any atom is 0.252 e. The Morgan fingerprint density at radius 2 is 1.80 bits per heavy atom. The number of likely N-dealkylation sites (N-methyl/N-ethyl adjacent to an activating group) is 1. The Morgan fingerprint density at radius 1 is 1.07 bits per heavy atom. The van der Waals surface area contributed by atoms with Gasteiger partial charge in [0.05, 0.1) is 25.4 Å². The predicted molar refractivity (Wildman–Crippen MR) is 114 cm³/mol. The van der Waals surface area contributed by atoms with Gasteiger partial charge in [0.15, 0.2) is 5.60 Å². The van der Waals surface area contributed by atoms with Crippen molar-refractivity contribution in [2.45, 2.75) is 63.8 Å². The van der Waals surface area contributed by atoms with Crippen molar-refractivity contribution in [2.75, 3.05) is 6.54 Å². The molecule has 1 aliphatic carbocycles. The number of aliphatic hydroxyl groups excluding tert-OH is 2. The molecule has 0 aromatic heterocycles. The summed E-state index contributed by atoms with van der Waals surface area (Å²) in [4.78, 5) is 13.0. The summed E-state index contributed by atoms with van der Waals surface area (Å²) < 4.78 is 12.1. The summed E-state index contributed by atoms with van der Waals surface area (Å²) in [5, 5.41) is 23.9. The third-order valence-electron chi connectivity index (χ3n) is 5.50. The van der Waals surface area contributed by atoms with Crippen molar-refractivity contribution in [2.24, 2.45) is 0 Å². The molecule has 0 spiro atoms. The minimum absolute atomic E-state index is 0.0109. The largest absolute Gasteiger partial charge is 0.390 e. The van der Waals surface area contributed by atoms with Gasteiger partial charge in [-0.25, -0.2) is 0 Å². The monoisotopic (exact) mass is 413 g/mol. The molecule has 1 amide bonds. The number of amides is 1. The van der Waals surface area contributed by atoms with Crippen LogP contribution in [0.3, 0.4) is 0 Å². The third kappa shape index (κ3) is 5.46. The number of aryl methyl sites for hydroxylation is 1. The fourth-order valence-electron chi connectivity index (χ4n) is 3.88. The molecule has 0 radical (unpaired) electrons. The van der Waals surface area contributed by atoms with Gasteiger partial charge in [-0.15, -0.1) is 0 Å². The van der Waals surface area contributed by atoms with E-state index < -0.39 is 23.9 Å². The van der Waals surface area contributed by atoms with Crippen molar-refractivity contribution in [1.82, 2.24) is 5.32 Å². The smallest absolute Gasteiger partial charge is 0.252 e. The van der Waals surface area contributed by atoms with Crippen LogP contribution in [0.2, 0.25) is 0 Å². The van der Waals surface area contributed by atoms with E-state index in [4.69, 9.17) is 9.47 Å². The molecule has 4 atom stereocenters. The number of aliphatic hydroxyl groups is 2. The van der Waals surface area contributed by atoms with Crippen LogP contribution in [0, 0.1) is 6.92 Å². The topological polar surface area (TPSA) is 88.0 Å². The molecule has 30 heavy (non-hydrogen) atoms. The number of carbonyl (C=O) groups excluding carboxylic acids is 1. The lowest BCUT2D eigenvalue weighted by Crippen LogP contribution is -2.60. The summed E-state index contributed by atoms with van der Waals surface area (Å²) in [7, 11) is 0. The van der Waals surface area contributed by atoms with Gasteiger partial charge >= 0.3 is 0 Å². The standard InChI is InChI=1S/C24H31NO5/c1-3-25-23(28)24(30-16-19-11-7-8-17(2)12-19)13-20(26)22(27)21(14-24)29-15-18-9-5-4-6-10-18/h4-12,20-22,26-27H,3,13-16H2,1-2H3,(H,25,28)/t20-,21+,22-,24+/m1/s1. The lowest BCUT2D eigenvalue weighted by atomic mass is 9.78. The van der Waals surface area contributed by atoms with Crippen LogP contribution in [0.1, 0.15) is 36.5 Å². The molecule has 0 bridgehead atoms. The highest BCUT2D eigenvalue weighted by Gasteiger charge is 2.51. The highest BCUT2D eigenvalue weighted by Crippen LogP contribution is 2.35. The Labute approximate surface area is 177 Å². The SMILES string of the molecule is CCNC(=O)[C@]1(OCc2cccc(C)c2)C[C@@H](O)[C@@H](O)[C@@H](OCc2ccccc2)C1. The first-order chi connectivity index (χ1) is 14.4. The molecular formula is C24H31NO5. The first kappa shape index (κ1) is 22.4. The zero-order valence-electron chi connectivity index (χ0n) is 17.6. The molecule has 3 rings (SSSR count). The minimum Gasteiger partial charge on any atom is -0.390 e. The number of hydrogen-bond acceptors (Lipinski definition) is 5. The summed E-state index contributed by atoms with van der Waals surface area (Å²) in [5.41, 5.74) is 1.72. The van der Waals surface area contributed by atoms with Gasteiger partial charge in [-0.05, 0) is 25.0 Å². The summed E-state index contributed by atoms with van der Waals surface area (Å²) in [6.45, 7) is 4.79. The first-order valence-corrected chi connectivity index (χ1v) is 10.4. The van der Waals surface area contributed by atoms with E-state index in [2.05, 4.69) is 5.32 Å². The van der Waals surface area contributed by atoms with E-state index in [1.54, 1.807) is 0 Å². The maximum atomic E-state index is 13.0. The van der Waals surface area contributed by atoms with Gasteiger partial charge in [0.2, 0.25) is 0 Å². The third-order valence-corrected chi connectivity index (χ3v) is 5.50. The van der Waals surface area contributed by atoms with Crippen LogP contribution in [-0.2, 0) is 27.5 Å². The van der Waals surface area contributed by atoms with Crippen molar-refractivity contribution in [3.63, 3.8) is 0 Å². The van der Waals surface area contributed by atoms with E-state index in [-0.39, 0.29) is 32.0 Å². The van der Waals surface area contributed by atoms with E-state index >= 15 is 0 Å². The normalized spacial score (nSPS) is 26.3. The summed E-state index contributed by atoms with van der Waals surface area (Å²) in [6, 6.07) is 17.5. The van der Waals surface area contributed by atoms with Crippen molar-refractivity contribution in [3.05, 3.63) is 71.3 Å². The second-order valence-corrected chi connectivity index (χ2v) is 7.93. The number of benzene rings is 2. The van der Waals surface area contributed by atoms with Crippen molar-refractivity contribution in [1.29, 1.82) is 0 Å². The van der Waals surface area contributed by atoms with Crippen molar-refractivity contribution < 1.29 is 24.5 Å². The predicted octanol–water partition coefficient (Wildman–Crippen LogP) is 2.49. The molecule has 0 aliphatic heterocycles. The lowest BCUT2D eigenvalue weighted by Gasteiger charge is -2.43. The van der Waals surface area contributed by atoms with E-state index in [9.17, 15) is 15.0 Å². The summed E-state index contributed by atoms with van der Waals surface area (Å²) in [6.07, 6.45) is -2.76. The number of hydrogen-bond donors (Lipinski definition) is 3. The molecule has 6 heteroatoms. The van der Waals surface area contributed by atoms with E-state index in [0.29, 0.717) is 6.54 Å². The zero-order valence-corrected chi connectivity index (χ0v) is 17.6. The summed E-state index contributed by atoms with van der Waals surface area (Å²) >= 11 is 0. The van der Waals surface area contributed by atoms with Crippen LogP contribution in [-0.4, -0.2) is 46.6 Å². The number of carbonyl (C=O) groups is 1. The molecule has 0 saturated heterocycles. The molecule has 0 heterocycles. The van der Waals surface area contributed by atoms with E-state index in [1.165, 1.54) is 0 Å². The fraction of sp³-hybridized carbons (Fsp3) is 0.458. The van der Waals surface area contributed by atoms with Crippen LogP contribution in [0.5, 0.6) is 0 Å². The second-order valence-electron chi connectivity index (χ2n) is 7.93. The van der Waals surface area contributed by atoms with Gasteiger partial charge in [0.1, 0.15) is 6.10 Å². The van der Waals surface area contributed by atoms with Gasteiger partial charge in [-0.1, -0.05) is 60.2 Å². The van der Waals surface area contributed by atoms with Gasteiger partial charge < -0.3 is 25.0 Å². The van der Waals surface area contributed by atoms with Crippen molar-refractivity contribution in [3.8, 4) is 0 Å². The van der Waals surface area contributed by atoms with Gasteiger partial charge in [0.25, 0.3) is 5.91 Å². The Balaban J connectivity index is 1.78. The minimum atomic E-state index is -1.28. The molecule has 6 nitrogen and oxygen atoms in total. The first-order valence-electron chi connectivity index (χ1n) is 10.4. The molecule has 1 fully saturated rings. The van der Waals surface area contributed by atoms with Gasteiger partial charge in [-0.2, -0.15) is 0 Å². The Kier molecular flexibility index (Phi) is 7.61. The Hall–Kier alpha value is -2.25. The molecule has 3 N–H and O–H groups in total. The van der Waals surface area contributed by atoms with Crippen LogP contribution in [0.4, 0.5) is 0 Å². The molecule has 0 unspecified atom stereocenters. The molecular weight excluding hydrogens is 382 g/mol. The second kappa shape index (κ2) is 10.2. The van der Waals surface area contributed by atoms with Crippen LogP contribution in [0.15, 0.2) is 54.6 Å². The number of nitrogens with one attached hydrogen (secondary N) is 1. The average molecular weight is 414 g/mol. The zero-order chi connectivity index (χ0) is 21.6. The Bertz CT molecular complexity index is 827.